The van der Waals surface area contributed by atoms with Crippen LogP contribution in [0.25, 0.3) is 0 Å². The van der Waals surface area contributed by atoms with Gasteiger partial charge >= 0.3 is 0 Å². The van der Waals surface area contributed by atoms with Crippen molar-refractivity contribution in [3.63, 3.8) is 0 Å². The summed E-state index contributed by atoms with van der Waals surface area (Å²) in [6, 6.07) is -0.159. The van der Waals surface area contributed by atoms with Crippen LogP contribution >= 0.6 is 0 Å². The molecule has 0 aromatic heterocycles. The first-order valence-electron chi connectivity index (χ1n) is 5.45. The van der Waals surface area contributed by atoms with Crippen LogP contribution in [0, 0.1) is 5.92 Å². The third-order valence-corrected chi connectivity index (χ3v) is 3.50. The molecule has 0 aromatic rings. The molecule has 0 fully saturated rings. The first-order chi connectivity index (χ1) is 7.23. The van der Waals surface area contributed by atoms with Gasteiger partial charge in [-0.1, -0.05) is 13.8 Å². The van der Waals surface area contributed by atoms with E-state index in [9.17, 15) is 13.2 Å². The first kappa shape index (κ1) is 15.4. The van der Waals surface area contributed by atoms with Crippen molar-refractivity contribution < 1.29 is 13.2 Å². The molecule has 0 aliphatic heterocycles. The highest BCUT2D eigenvalue weighted by atomic mass is 32.2. The van der Waals surface area contributed by atoms with Crippen LogP contribution in [0.3, 0.4) is 0 Å². The van der Waals surface area contributed by atoms with Gasteiger partial charge in [0, 0.05) is 12.6 Å². The number of hydrogen-bond acceptors (Lipinski definition) is 4. The summed E-state index contributed by atoms with van der Waals surface area (Å²) in [5, 5.41) is 2.58. The third-order valence-electron chi connectivity index (χ3n) is 1.94. The van der Waals surface area contributed by atoms with Crippen molar-refractivity contribution in [3.05, 3.63) is 0 Å². The van der Waals surface area contributed by atoms with Gasteiger partial charge in [0.1, 0.15) is 5.75 Å². The van der Waals surface area contributed by atoms with Crippen LogP contribution in [0.1, 0.15) is 27.2 Å². The summed E-state index contributed by atoms with van der Waals surface area (Å²) in [6.07, 6.45) is 0.389. The summed E-state index contributed by atoms with van der Waals surface area (Å²) in [7, 11) is -3.32. The molecule has 5 nitrogen and oxygen atoms in total. The SMILES string of the molecule is CC(C)CNC(=O)CS(=O)(=O)CCC(C)N. The zero-order chi connectivity index (χ0) is 12.8. The Bertz CT molecular complexity index is 310. The van der Waals surface area contributed by atoms with Crippen molar-refractivity contribution >= 4 is 15.7 Å². The Hall–Kier alpha value is -0.620. The molecule has 3 N–H and O–H groups in total. The second-order valence-electron chi connectivity index (χ2n) is 4.56. The fourth-order valence-corrected chi connectivity index (χ4v) is 2.38. The van der Waals surface area contributed by atoms with Gasteiger partial charge in [-0.3, -0.25) is 4.79 Å². The molecule has 0 heterocycles. The quantitative estimate of drug-likeness (QED) is 0.661. The van der Waals surface area contributed by atoms with Gasteiger partial charge in [0.15, 0.2) is 9.84 Å². The maximum Gasteiger partial charge on any atom is 0.235 e. The summed E-state index contributed by atoms with van der Waals surface area (Å²) < 4.78 is 22.9. The molecular formula is C10H22N2O3S. The second kappa shape index (κ2) is 6.85. The molecule has 16 heavy (non-hydrogen) atoms. The van der Waals surface area contributed by atoms with Crippen LogP contribution in [0.4, 0.5) is 0 Å². The predicted molar refractivity (Wildman–Crippen MR) is 64.8 cm³/mol. The maximum absolute atomic E-state index is 11.5. The molecule has 0 radical (unpaired) electrons. The molecule has 6 heteroatoms. The van der Waals surface area contributed by atoms with E-state index in [2.05, 4.69) is 5.32 Å². The van der Waals surface area contributed by atoms with Gasteiger partial charge < -0.3 is 11.1 Å². The van der Waals surface area contributed by atoms with Crippen molar-refractivity contribution in [2.24, 2.45) is 11.7 Å². The Labute approximate surface area is 97.7 Å². The van der Waals surface area contributed by atoms with Gasteiger partial charge in [-0.05, 0) is 19.3 Å². The molecule has 0 spiro atoms. The Kier molecular flexibility index (Phi) is 6.59. The number of hydrogen-bond donors (Lipinski definition) is 2. The fourth-order valence-electron chi connectivity index (χ4n) is 1.01. The highest BCUT2D eigenvalue weighted by Gasteiger charge is 2.16. The number of amides is 1. The second-order valence-corrected chi connectivity index (χ2v) is 6.74. The minimum absolute atomic E-state index is 0.0280. The molecule has 0 rings (SSSR count). The summed E-state index contributed by atoms with van der Waals surface area (Å²) in [5.74, 6) is -0.583. The summed E-state index contributed by atoms with van der Waals surface area (Å²) >= 11 is 0. The van der Waals surface area contributed by atoms with Gasteiger partial charge in [-0.2, -0.15) is 0 Å². The monoisotopic (exact) mass is 250 g/mol. The number of rotatable bonds is 7. The molecule has 1 unspecified atom stereocenters. The van der Waals surface area contributed by atoms with Crippen LogP contribution in [-0.4, -0.2) is 38.4 Å². The Morgan fingerprint density at radius 2 is 1.88 bits per heavy atom. The largest absolute Gasteiger partial charge is 0.355 e. The molecule has 1 atom stereocenters. The Balaban J connectivity index is 4.01. The molecule has 0 aliphatic rings. The summed E-state index contributed by atoms with van der Waals surface area (Å²) in [5.41, 5.74) is 5.46. The van der Waals surface area contributed by atoms with Crippen molar-refractivity contribution in [3.8, 4) is 0 Å². The van der Waals surface area contributed by atoms with Gasteiger partial charge in [0.2, 0.25) is 5.91 Å². The normalized spacial score (nSPS) is 13.8. The number of carbonyl (C=O) groups is 1. The van der Waals surface area contributed by atoms with Crippen LogP contribution in [0.15, 0.2) is 0 Å². The fraction of sp³-hybridized carbons (Fsp3) is 0.900. The first-order valence-corrected chi connectivity index (χ1v) is 7.28. The van der Waals surface area contributed by atoms with Crippen LogP contribution in [0.5, 0.6) is 0 Å². The Morgan fingerprint density at radius 3 is 2.31 bits per heavy atom. The molecular weight excluding hydrogens is 228 g/mol. The smallest absolute Gasteiger partial charge is 0.235 e. The van der Waals surface area contributed by atoms with Crippen molar-refractivity contribution in [1.29, 1.82) is 0 Å². The van der Waals surface area contributed by atoms with E-state index in [4.69, 9.17) is 5.73 Å². The third kappa shape index (κ3) is 8.67. The average Bonchev–Trinajstić information content (AvgIpc) is 2.11. The molecule has 1 amide bonds. The number of sulfone groups is 1. The van der Waals surface area contributed by atoms with E-state index in [-0.39, 0.29) is 11.8 Å². The van der Waals surface area contributed by atoms with E-state index in [0.717, 1.165) is 0 Å². The Morgan fingerprint density at radius 1 is 1.31 bits per heavy atom. The lowest BCUT2D eigenvalue weighted by Crippen LogP contribution is -2.34. The standard InChI is InChI=1S/C10H22N2O3S/c1-8(2)6-12-10(13)7-16(14,15)5-4-9(3)11/h8-9H,4-7,11H2,1-3H3,(H,12,13). The van der Waals surface area contributed by atoms with Gasteiger partial charge in [0.05, 0.1) is 5.75 Å². The molecule has 0 saturated heterocycles. The van der Waals surface area contributed by atoms with Crippen molar-refractivity contribution in [2.45, 2.75) is 33.2 Å². The minimum atomic E-state index is -3.32. The molecule has 0 bridgehead atoms. The highest BCUT2D eigenvalue weighted by Crippen LogP contribution is 1.97. The zero-order valence-electron chi connectivity index (χ0n) is 10.2. The van der Waals surface area contributed by atoms with Crippen LogP contribution in [-0.2, 0) is 14.6 Å². The average molecular weight is 250 g/mol. The topological polar surface area (TPSA) is 89.3 Å². The maximum atomic E-state index is 11.5. The van der Waals surface area contributed by atoms with Gasteiger partial charge in [-0.15, -0.1) is 0 Å². The minimum Gasteiger partial charge on any atom is -0.355 e. The van der Waals surface area contributed by atoms with Gasteiger partial charge in [-0.25, -0.2) is 8.42 Å². The predicted octanol–water partition coefficient (Wildman–Crippen LogP) is -0.0893. The number of nitrogens with one attached hydrogen (secondary N) is 1. The van der Waals surface area contributed by atoms with E-state index in [1.807, 2.05) is 13.8 Å². The number of nitrogens with two attached hydrogens (primary N) is 1. The molecule has 0 saturated carbocycles. The van der Waals surface area contributed by atoms with E-state index >= 15 is 0 Å². The molecule has 0 aliphatic carbocycles. The number of carbonyl (C=O) groups excluding carboxylic acids is 1. The van der Waals surface area contributed by atoms with E-state index in [0.29, 0.717) is 18.9 Å². The lowest BCUT2D eigenvalue weighted by Gasteiger charge is -2.09. The van der Waals surface area contributed by atoms with Crippen LogP contribution < -0.4 is 11.1 Å². The lowest BCUT2D eigenvalue weighted by atomic mass is 10.2. The van der Waals surface area contributed by atoms with Gasteiger partial charge in [0.25, 0.3) is 0 Å². The van der Waals surface area contributed by atoms with E-state index < -0.39 is 21.5 Å². The zero-order valence-corrected chi connectivity index (χ0v) is 11.0. The molecule has 96 valence electrons. The molecule has 0 aromatic carbocycles. The van der Waals surface area contributed by atoms with Crippen LogP contribution in [0.2, 0.25) is 0 Å². The van der Waals surface area contributed by atoms with E-state index in [1.165, 1.54) is 0 Å². The van der Waals surface area contributed by atoms with E-state index in [1.54, 1.807) is 6.92 Å². The highest BCUT2D eigenvalue weighted by molar-refractivity contribution is 7.92. The van der Waals surface area contributed by atoms with Crippen molar-refractivity contribution in [1.82, 2.24) is 5.32 Å². The summed E-state index contributed by atoms with van der Waals surface area (Å²) in [6.45, 7) is 6.14. The lowest BCUT2D eigenvalue weighted by molar-refractivity contribution is -0.118. The van der Waals surface area contributed by atoms with Crippen molar-refractivity contribution in [2.75, 3.05) is 18.1 Å². The summed E-state index contributed by atoms with van der Waals surface area (Å²) in [4.78, 5) is 11.3.